The van der Waals surface area contributed by atoms with Crippen molar-refractivity contribution in [3.8, 4) is 0 Å². The molecule has 0 saturated heterocycles. The van der Waals surface area contributed by atoms with Gasteiger partial charge in [-0.05, 0) is 30.5 Å². The summed E-state index contributed by atoms with van der Waals surface area (Å²) in [6.45, 7) is 1.67. The fourth-order valence-corrected chi connectivity index (χ4v) is 1.95. The van der Waals surface area contributed by atoms with Crippen LogP contribution in [0.15, 0.2) is 36.6 Å². The number of allylic oxidation sites excluding steroid dienone is 1. The summed E-state index contributed by atoms with van der Waals surface area (Å²) in [6.07, 6.45) is 6.35. The summed E-state index contributed by atoms with van der Waals surface area (Å²) in [5.41, 5.74) is 1.13. The Morgan fingerprint density at radius 2 is 2.25 bits per heavy atom. The van der Waals surface area contributed by atoms with Crippen LogP contribution in [0.4, 0.5) is 0 Å². The zero-order valence-electron chi connectivity index (χ0n) is 9.16. The van der Waals surface area contributed by atoms with E-state index in [9.17, 15) is 0 Å². The first-order chi connectivity index (χ1) is 7.86. The Balaban J connectivity index is 1.75. The summed E-state index contributed by atoms with van der Waals surface area (Å²) >= 11 is 6.06. The molecule has 0 aliphatic carbocycles. The van der Waals surface area contributed by atoms with E-state index >= 15 is 0 Å². The average Bonchev–Trinajstić information content (AvgIpc) is 2.33. The highest BCUT2D eigenvalue weighted by molar-refractivity contribution is 6.31. The van der Waals surface area contributed by atoms with Crippen LogP contribution in [0, 0.1) is 0 Å². The third kappa shape index (κ3) is 3.26. The van der Waals surface area contributed by atoms with Crippen molar-refractivity contribution in [1.29, 1.82) is 0 Å². The summed E-state index contributed by atoms with van der Waals surface area (Å²) < 4.78 is 5.47. The second kappa shape index (κ2) is 5.92. The molecule has 1 heterocycles. The van der Waals surface area contributed by atoms with Crippen molar-refractivity contribution in [2.75, 3.05) is 6.54 Å². The summed E-state index contributed by atoms with van der Waals surface area (Å²) in [7, 11) is 0. The molecule has 1 aromatic rings. The van der Waals surface area contributed by atoms with Crippen LogP contribution in [-0.4, -0.2) is 12.6 Å². The van der Waals surface area contributed by atoms with Crippen LogP contribution in [0.2, 0.25) is 5.02 Å². The highest BCUT2D eigenvalue weighted by Crippen LogP contribution is 2.14. The van der Waals surface area contributed by atoms with Gasteiger partial charge >= 0.3 is 0 Å². The standard InChI is InChI=1S/C13H16ClNO/c14-13-7-2-1-5-11(13)9-15-10-12-6-3-4-8-16-12/h1-2,4-5,7-8,12,15H,3,6,9-10H2. The molecule has 0 spiro atoms. The fraction of sp³-hybridized carbons (Fsp3) is 0.385. The largest absolute Gasteiger partial charge is 0.497 e. The van der Waals surface area contributed by atoms with E-state index in [4.69, 9.17) is 16.3 Å². The second-order valence-corrected chi connectivity index (χ2v) is 4.34. The summed E-state index contributed by atoms with van der Waals surface area (Å²) in [5, 5.41) is 4.19. The monoisotopic (exact) mass is 237 g/mol. The Labute approximate surface area is 101 Å². The molecule has 0 saturated carbocycles. The van der Waals surface area contributed by atoms with Crippen molar-refractivity contribution in [3.05, 3.63) is 47.2 Å². The van der Waals surface area contributed by atoms with E-state index < -0.39 is 0 Å². The molecule has 1 unspecified atom stereocenters. The van der Waals surface area contributed by atoms with Crippen molar-refractivity contribution >= 4 is 11.6 Å². The number of hydrogen-bond acceptors (Lipinski definition) is 2. The Morgan fingerprint density at radius 3 is 3.00 bits per heavy atom. The third-order valence-electron chi connectivity index (χ3n) is 2.67. The number of nitrogens with one attached hydrogen (secondary N) is 1. The van der Waals surface area contributed by atoms with Gasteiger partial charge in [-0.1, -0.05) is 29.8 Å². The van der Waals surface area contributed by atoms with Crippen molar-refractivity contribution in [2.24, 2.45) is 0 Å². The molecule has 1 aliphatic heterocycles. The van der Waals surface area contributed by atoms with Gasteiger partial charge in [-0.2, -0.15) is 0 Å². The highest BCUT2D eigenvalue weighted by Gasteiger charge is 2.10. The molecule has 0 amide bonds. The quantitative estimate of drug-likeness (QED) is 0.869. The first-order valence-electron chi connectivity index (χ1n) is 5.61. The average molecular weight is 238 g/mol. The zero-order valence-corrected chi connectivity index (χ0v) is 9.91. The predicted molar refractivity (Wildman–Crippen MR) is 66.4 cm³/mol. The van der Waals surface area contributed by atoms with E-state index in [1.54, 1.807) is 6.26 Å². The molecule has 1 atom stereocenters. The Morgan fingerprint density at radius 1 is 1.38 bits per heavy atom. The van der Waals surface area contributed by atoms with Crippen LogP contribution in [0.3, 0.4) is 0 Å². The smallest absolute Gasteiger partial charge is 0.110 e. The third-order valence-corrected chi connectivity index (χ3v) is 3.04. The van der Waals surface area contributed by atoms with E-state index in [0.717, 1.165) is 36.5 Å². The maximum absolute atomic E-state index is 6.06. The molecule has 1 aliphatic rings. The lowest BCUT2D eigenvalue weighted by Gasteiger charge is -2.19. The van der Waals surface area contributed by atoms with E-state index in [1.165, 1.54) is 0 Å². The SMILES string of the molecule is Clc1ccccc1CNCC1CCC=CO1. The van der Waals surface area contributed by atoms with Crippen LogP contribution in [0.1, 0.15) is 18.4 Å². The maximum atomic E-state index is 6.06. The zero-order chi connectivity index (χ0) is 11.2. The number of ether oxygens (including phenoxy) is 1. The van der Waals surface area contributed by atoms with Gasteiger partial charge in [0.1, 0.15) is 6.10 Å². The first-order valence-corrected chi connectivity index (χ1v) is 5.98. The van der Waals surface area contributed by atoms with Crippen LogP contribution in [0.25, 0.3) is 0 Å². The molecule has 16 heavy (non-hydrogen) atoms. The number of hydrogen-bond donors (Lipinski definition) is 1. The van der Waals surface area contributed by atoms with Gasteiger partial charge in [-0.25, -0.2) is 0 Å². The normalized spacial score (nSPS) is 19.4. The molecule has 0 fully saturated rings. The lowest BCUT2D eigenvalue weighted by atomic mass is 10.1. The number of halogens is 1. The minimum absolute atomic E-state index is 0.299. The summed E-state index contributed by atoms with van der Waals surface area (Å²) in [5.74, 6) is 0. The van der Waals surface area contributed by atoms with Gasteiger partial charge in [-0.15, -0.1) is 0 Å². The van der Waals surface area contributed by atoms with Gasteiger partial charge in [0, 0.05) is 18.1 Å². The maximum Gasteiger partial charge on any atom is 0.110 e. The molecule has 1 N–H and O–H groups in total. The minimum atomic E-state index is 0.299. The Hall–Kier alpha value is -0.990. The summed E-state index contributed by atoms with van der Waals surface area (Å²) in [6, 6.07) is 7.90. The lowest BCUT2D eigenvalue weighted by Crippen LogP contribution is -2.28. The summed E-state index contributed by atoms with van der Waals surface area (Å²) in [4.78, 5) is 0. The van der Waals surface area contributed by atoms with E-state index in [2.05, 4.69) is 11.4 Å². The van der Waals surface area contributed by atoms with Gasteiger partial charge in [0.15, 0.2) is 0 Å². The number of rotatable bonds is 4. The molecule has 86 valence electrons. The lowest BCUT2D eigenvalue weighted by molar-refractivity contribution is 0.122. The molecule has 2 nitrogen and oxygen atoms in total. The molecular formula is C13H16ClNO. The van der Waals surface area contributed by atoms with Crippen LogP contribution >= 0.6 is 11.6 Å². The van der Waals surface area contributed by atoms with Crippen LogP contribution < -0.4 is 5.32 Å². The van der Waals surface area contributed by atoms with E-state index in [-0.39, 0.29) is 0 Å². The molecular weight excluding hydrogens is 222 g/mol. The molecule has 0 radical (unpaired) electrons. The van der Waals surface area contributed by atoms with Crippen LogP contribution in [-0.2, 0) is 11.3 Å². The Kier molecular flexibility index (Phi) is 4.25. The fourth-order valence-electron chi connectivity index (χ4n) is 1.74. The molecule has 1 aromatic carbocycles. The van der Waals surface area contributed by atoms with Gasteiger partial charge < -0.3 is 10.1 Å². The van der Waals surface area contributed by atoms with E-state index in [1.807, 2.05) is 24.3 Å². The first kappa shape index (κ1) is 11.5. The van der Waals surface area contributed by atoms with Gasteiger partial charge in [0.2, 0.25) is 0 Å². The number of benzene rings is 1. The second-order valence-electron chi connectivity index (χ2n) is 3.93. The highest BCUT2D eigenvalue weighted by atomic mass is 35.5. The van der Waals surface area contributed by atoms with E-state index in [0.29, 0.717) is 6.10 Å². The topological polar surface area (TPSA) is 21.3 Å². The molecule has 2 rings (SSSR count). The van der Waals surface area contributed by atoms with Gasteiger partial charge in [0.05, 0.1) is 6.26 Å². The van der Waals surface area contributed by atoms with Gasteiger partial charge in [0.25, 0.3) is 0 Å². The molecule has 3 heteroatoms. The minimum Gasteiger partial charge on any atom is -0.497 e. The van der Waals surface area contributed by atoms with Gasteiger partial charge in [-0.3, -0.25) is 0 Å². The van der Waals surface area contributed by atoms with Crippen molar-refractivity contribution < 1.29 is 4.74 Å². The Bertz CT molecular complexity index is 365. The van der Waals surface area contributed by atoms with Crippen molar-refractivity contribution in [1.82, 2.24) is 5.32 Å². The van der Waals surface area contributed by atoms with Crippen molar-refractivity contribution in [3.63, 3.8) is 0 Å². The molecule has 0 bridgehead atoms. The van der Waals surface area contributed by atoms with Crippen LogP contribution in [0.5, 0.6) is 0 Å². The molecule has 0 aromatic heterocycles. The van der Waals surface area contributed by atoms with Crippen molar-refractivity contribution in [2.45, 2.75) is 25.5 Å². The predicted octanol–water partition coefficient (Wildman–Crippen LogP) is 3.12.